The highest BCUT2D eigenvalue weighted by Crippen LogP contribution is 2.30. The zero-order valence-corrected chi connectivity index (χ0v) is 12.5. The van der Waals surface area contributed by atoms with E-state index in [-0.39, 0.29) is 6.10 Å². The van der Waals surface area contributed by atoms with Crippen LogP contribution in [0, 0.1) is 6.92 Å². The summed E-state index contributed by atoms with van der Waals surface area (Å²) in [6.07, 6.45) is 2.11. The summed E-state index contributed by atoms with van der Waals surface area (Å²) in [7, 11) is 1.92. The van der Waals surface area contributed by atoms with Crippen molar-refractivity contribution in [1.29, 1.82) is 0 Å². The van der Waals surface area contributed by atoms with Crippen molar-refractivity contribution in [3.8, 4) is 5.75 Å². The summed E-state index contributed by atoms with van der Waals surface area (Å²) in [5, 5.41) is 7.66. The molecule has 108 valence electrons. The molecule has 2 aromatic rings. The van der Waals surface area contributed by atoms with Gasteiger partial charge in [0.1, 0.15) is 5.75 Å². The van der Waals surface area contributed by atoms with Gasteiger partial charge >= 0.3 is 0 Å². The van der Waals surface area contributed by atoms with Crippen molar-refractivity contribution in [2.45, 2.75) is 33.4 Å². The lowest BCUT2D eigenvalue weighted by molar-refractivity contribution is 0.244. The maximum atomic E-state index is 6.13. The standard InChI is InChI=1S/C15H22N4O/c1-10(2)20-14-7-5-6-13(15(14)16)17-8-12-9-19(4)18-11(12)3/h5-7,9-10,17H,8,16H2,1-4H3. The normalized spacial score (nSPS) is 10.8. The third-order valence-electron chi connectivity index (χ3n) is 3.01. The molecular formula is C15H22N4O. The second kappa shape index (κ2) is 5.86. The van der Waals surface area contributed by atoms with Gasteiger partial charge in [0, 0.05) is 25.4 Å². The van der Waals surface area contributed by atoms with Crippen molar-refractivity contribution in [3.63, 3.8) is 0 Å². The molecule has 0 aliphatic rings. The Hall–Kier alpha value is -2.17. The zero-order valence-electron chi connectivity index (χ0n) is 12.5. The Bertz CT molecular complexity index is 590. The molecule has 0 radical (unpaired) electrons. The molecule has 0 unspecified atom stereocenters. The number of nitrogen functional groups attached to an aromatic ring is 1. The summed E-state index contributed by atoms with van der Waals surface area (Å²) >= 11 is 0. The second-order valence-corrected chi connectivity index (χ2v) is 5.15. The van der Waals surface area contributed by atoms with Crippen LogP contribution in [0.3, 0.4) is 0 Å². The van der Waals surface area contributed by atoms with Crippen LogP contribution < -0.4 is 15.8 Å². The monoisotopic (exact) mass is 274 g/mol. The molecule has 1 aromatic heterocycles. The molecule has 0 aliphatic heterocycles. The lowest BCUT2D eigenvalue weighted by atomic mass is 10.2. The number of aromatic nitrogens is 2. The van der Waals surface area contributed by atoms with Crippen LogP contribution in [-0.2, 0) is 13.6 Å². The van der Waals surface area contributed by atoms with E-state index in [2.05, 4.69) is 10.4 Å². The van der Waals surface area contributed by atoms with Gasteiger partial charge in [0.15, 0.2) is 0 Å². The predicted molar refractivity (Wildman–Crippen MR) is 81.9 cm³/mol. The average Bonchev–Trinajstić information content (AvgIpc) is 2.68. The van der Waals surface area contributed by atoms with E-state index in [1.54, 1.807) is 0 Å². The van der Waals surface area contributed by atoms with E-state index in [1.165, 1.54) is 0 Å². The quantitative estimate of drug-likeness (QED) is 0.823. The third-order valence-corrected chi connectivity index (χ3v) is 3.01. The van der Waals surface area contributed by atoms with Gasteiger partial charge in [-0.05, 0) is 32.9 Å². The number of nitrogens with zero attached hydrogens (tertiary/aromatic N) is 2. The van der Waals surface area contributed by atoms with Gasteiger partial charge in [-0.1, -0.05) is 6.07 Å². The molecule has 0 spiro atoms. The Kier molecular flexibility index (Phi) is 4.17. The molecule has 0 amide bonds. The van der Waals surface area contributed by atoms with E-state index < -0.39 is 0 Å². The van der Waals surface area contributed by atoms with Gasteiger partial charge < -0.3 is 15.8 Å². The molecule has 0 saturated heterocycles. The molecule has 0 bridgehead atoms. The minimum Gasteiger partial charge on any atom is -0.489 e. The molecule has 0 aliphatic carbocycles. The van der Waals surface area contributed by atoms with Crippen LogP contribution in [0.15, 0.2) is 24.4 Å². The lowest BCUT2D eigenvalue weighted by Gasteiger charge is -2.15. The lowest BCUT2D eigenvalue weighted by Crippen LogP contribution is -2.09. The summed E-state index contributed by atoms with van der Waals surface area (Å²) < 4.78 is 7.50. The number of benzene rings is 1. The van der Waals surface area contributed by atoms with Crippen LogP contribution >= 0.6 is 0 Å². The summed E-state index contributed by atoms with van der Waals surface area (Å²) in [5.74, 6) is 0.716. The number of nitrogens with one attached hydrogen (secondary N) is 1. The van der Waals surface area contributed by atoms with E-state index in [4.69, 9.17) is 10.5 Å². The van der Waals surface area contributed by atoms with E-state index in [0.717, 1.165) is 16.9 Å². The highest BCUT2D eigenvalue weighted by Gasteiger charge is 2.08. The number of ether oxygens (including phenoxy) is 1. The first-order valence-electron chi connectivity index (χ1n) is 6.75. The number of aryl methyl sites for hydroxylation is 2. The third kappa shape index (κ3) is 3.23. The van der Waals surface area contributed by atoms with Crippen molar-refractivity contribution in [1.82, 2.24) is 9.78 Å². The predicted octanol–water partition coefficient (Wildman–Crippen LogP) is 2.71. The average molecular weight is 274 g/mol. The Balaban J connectivity index is 2.11. The molecule has 2 rings (SSSR count). The minimum absolute atomic E-state index is 0.105. The zero-order chi connectivity index (χ0) is 14.7. The van der Waals surface area contributed by atoms with Gasteiger partial charge in [-0.25, -0.2) is 0 Å². The topological polar surface area (TPSA) is 65.1 Å². The number of anilines is 2. The maximum absolute atomic E-state index is 6.13. The van der Waals surface area contributed by atoms with Gasteiger partial charge in [-0.15, -0.1) is 0 Å². The van der Waals surface area contributed by atoms with E-state index in [9.17, 15) is 0 Å². The fourth-order valence-corrected chi connectivity index (χ4v) is 2.07. The van der Waals surface area contributed by atoms with Crippen molar-refractivity contribution < 1.29 is 4.74 Å². The van der Waals surface area contributed by atoms with Gasteiger partial charge in [0.05, 0.1) is 23.2 Å². The first kappa shape index (κ1) is 14.2. The van der Waals surface area contributed by atoms with Gasteiger partial charge in [-0.3, -0.25) is 4.68 Å². The van der Waals surface area contributed by atoms with E-state index in [1.807, 2.05) is 56.9 Å². The van der Waals surface area contributed by atoms with Gasteiger partial charge in [0.2, 0.25) is 0 Å². The van der Waals surface area contributed by atoms with Crippen molar-refractivity contribution in [2.75, 3.05) is 11.1 Å². The number of rotatable bonds is 5. The summed E-state index contributed by atoms with van der Waals surface area (Å²) in [4.78, 5) is 0. The van der Waals surface area contributed by atoms with Crippen molar-refractivity contribution in [2.24, 2.45) is 7.05 Å². The number of hydrogen-bond acceptors (Lipinski definition) is 4. The molecular weight excluding hydrogens is 252 g/mol. The molecule has 5 nitrogen and oxygen atoms in total. The molecule has 0 fully saturated rings. The van der Waals surface area contributed by atoms with Gasteiger partial charge in [0.25, 0.3) is 0 Å². The van der Waals surface area contributed by atoms with Crippen molar-refractivity contribution >= 4 is 11.4 Å². The first-order valence-corrected chi connectivity index (χ1v) is 6.75. The number of nitrogens with two attached hydrogens (primary N) is 1. The number of hydrogen-bond donors (Lipinski definition) is 2. The Morgan fingerprint density at radius 1 is 1.40 bits per heavy atom. The Morgan fingerprint density at radius 2 is 2.15 bits per heavy atom. The first-order chi connectivity index (χ1) is 9.47. The summed E-state index contributed by atoms with van der Waals surface area (Å²) in [6, 6.07) is 5.77. The van der Waals surface area contributed by atoms with Crippen LogP contribution in [0.2, 0.25) is 0 Å². The second-order valence-electron chi connectivity index (χ2n) is 5.15. The maximum Gasteiger partial charge on any atom is 0.144 e. The molecule has 3 N–H and O–H groups in total. The summed E-state index contributed by atoms with van der Waals surface area (Å²) in [6.45, 7) is 6.66. The molecule has 0 atom stereocenters. The fraction of sp³-hybridized carbons (Fsp3) is 0.400. The van der Waals surface area contributed by atoms with Crippen LogP contribution in [0.5, 0.6) is 5.75 Å². The van der Waals surface area contributed by atoms with Gasteiger partial charge in [-0.2, -0.15) is 5.10 Å². The SMILES string of the molecule is Cc1nn(C)cc1CNc1cccc(OC(C)C)c1N. The Labute approximate surface area is 119 Å². The molecule has 1 aromatic carbocycles. The van der Waals surface area contributed by atoms with Crippen LogP contribution in [0.25, 0.3) is 0 Å². The highest BCUT2D eigenvalue weighted by atomic mass is 16.5. The smallest absolute Gasteiger partial charge is 0.144 e. The molecule has 0 saturated carbocycles. The number of para-hydroxylation sites is 1. The van der Waals surface area contributed by atoms with Crippen LogP contribution in [-0.4, -0.2) is 15.9 Å². The Morgan fingerprint density at radius 3 is 2.75 bits per heavy atom. The minimum atomic E-state index is 0.105. The molecule has 1 heterocycles. The fourth-order valence-electron chi connectivity index (χ4n) is 2.07. The van der Waals surface area contributed by atoms with Crippen molar-refractivity contribution in [3.05, 3.63) is 35.7 Å². The van der Waals surface area contributed by atoms with Crippen LogP contribution in [0.1, 0.15) is 25.1 Å². The van der Waals surface area contributed by atoms with E-state index in [0.29, 0.717) is 18.0 Å². The van der Waals surface area contributed by atoms with Crippen LogP contribution in [0.4, 0.5) is 11.4 Å². The summed E-state index contributed by atoms with van der Waals surface area (Å²) in [5.41, 5.74) is 9.83. The van der Waals surface area contributed by atoms with E-state index >= 15 is 0 Å². The largest absolute Gasteiger partial charge is 0.489 e. The molecule has 5 heteroatoms. The molecule has 20 heavy (non-hydrogen) atoms. The highest BCUT2D eigenvalue weighted by molar-refractivity contribution is 5.73.